The number of hydrogen-bond donors (Lipinski definition) is 1. The molecule has 0 saturated carbocycles. The van der Waals surface area contributed by atoms with Crippen molar-refractivity contribution in [2.24, 2.45) is 0 Å². The van der Waals surface area contributed by atoms with Gasteiger partial charge in [-0.15, -0.1) is 0 Å². The fourth-order valence-electron chi connectivity index (χ4n) is 1.63. The summed E-state index contributed by atoms with van der Waals surface area (Å²) in [6, 6.07) is 10.0. The largest absolute Gasteiger partial charge is 0.496 e. The van der Waals surface area contributed by atoms with Crippen molar-refractivity contribution in [3.8, 4) is 5.75 Å². The Morgan fingerprint density at radius 2 is 1.93 bits per heavy atom. The zero-order valence-electron chi connectivity index (χ0n) is 8.37. The standard InChI is InChI=1S/C12H13NO/c1-8-3-4-9-6-10(13)7-12(14-2)11(9)5-8/h3-7H,13H2,1-2H3. The first kappa shape index (κ1) is 8.88. The monoisotopic (exact) mass is 187 g/mol. The highest BCUT2D eigenvalue weighted by atomic mass is 16.5. The van der Waals surface area contributed by atoms with Crippen molar-refractivity contribution < 1.29 is 4.74 Å². The van der Waals surface area contributed by atoms with Gasteiger partial charge in [0, 0.05) is 17.1 Å². The molecule has 14 heavy (non-hydrogen) atoms. The van der Waals surface area contributed by atoms with Gasteiger partial charge in [-0.1, -0.05) is 17.7 Å². The average molecular weight is 187 g/mol. The van der Waals surface area contributed by atoms with Crippen LogP contribution in [-0.2, 0) is 0 Å². The van der Waals surface area contributed by atoms with E-state index in [1.165, 1.54) is 5.56 Å². The number of anilines is 1. The van der Waals surface area contributed by atoms with Gasteiger partial charge in [0.1, 0.15) is 5.75 Å². The number of fused-ring (bicyclic) bond motifs is 1. The molecule has 0 aliphatic rings. The molecule has 0 fully saturated rings. The van der Waals surface area contributed by atoms with Crippen LogP contribution in [0.5, 0.6) is 5.75 Å². The second kappa shape index (κ2) is 3.22. The van der Waals surface area contributed by atoms with Crippen molar-refractivity contribution in [3.63, 3.8) is 0 Å². The van der Waals surface area contributed by atoms with E-state index in [-0.39, 0.29) is 0 Å². The number of benzene rings is 2. The van der Waals surface area contributed by atoms with Gasteiger partial charge in [-0.3, -0.25) is 0 Å². The van der Waals surface area contributed by atoms with Crippen LogP contribution in [-0.4, -0.2) is 7.11 Å². The third-order valence-electron chi connectivity index (χ3n) is 2.31. The van der Waals surface area contributed by atoms with E-state index in [1.54, 1.807) is 7.11 Å². The van der Waals surface area contributed by atoms with Crippen molar-refractivity contribution in [2.75, 3.05) is 12.8 Å². The molecule has 0 bridgehead atoms. The minimum absolute atomic E-state index is 0.734. The first-order chi connectivity index (χ1) is 6.70. The van der Waals surface area contributed by atoms with E-state index in [2.05, 4.69) is 25.1 Å². The van der Waals surface area contributed by atoms with E-state index in [9.17, 15) is 0 Å². The Morgan fingerprint density at radius 3 is 2.64 bits per heavy atom. The van der Waals surface area contributed by atoms with E-state index in [0.29, 0.717) is 0 Å². The highest BCUT2D eigenvalue weighted by Gasteiger charge is 2.02. The lowest BCUT2D eigenvalue weighted by atomic mass is 10.1. The Balaban J connectivity index is 2.81. The molecule has 2 aromatic carbocycles. The Labute approximate surface area is 83.3 Å². The molecule has 0 atom stereocenters. The molecule has 2 heteroatoms. The quantitative estimate of drug-likeness (QED) is 0.697. The van der Waals surface area contributed by atoms with Gasteiger partial charge in [-0.2, -0.15) is 0 Å². The van der Waals surface area contributed by atoms with Gasteiger partial charge in [0.25, 0.3) is 0 Å². The molecule has 0 aliphatic heterocycles. The third-order valence-corrected chi connectivity index (χ3v) is 2.31. The van der Waals surface area contributed by atoms with Crippen LogP contribution in [0, 0.1) is 6.92 Å². The van der Waals surface area contributed by atoms with Crippen LogP contribution >= 0.6 is 0 Å². The van der Waals surface area contributed by atoms with E-state index in [1.807, 2.05) is 12.1 Å². The zero-order valence-corrected chi connectivity index (χ0v) is 8.37. The fourth-order valence-corrected chi connectivity index (χ4v) is 1.63. The summed E-state index contributed by atoms with van der Waals surface area (Å²) in [6.07, 6.45) is 0. The van der Waals surface area contributed by atoms with Crippen LogP contribution in [0.3, 0.4) is 0 Å². The summed E-state index contributed by atoms with van der Waals surface area (Å²) in [7, 11) is 1.66. The topological polar surface area (TPSA) is 35.2 Å². The van der Waals surface area contributed by atoms with Gasteiger partial charge in [0.2, 0.25) is 0 Å². The van der Waals surface area contributed by atoms with Crippen LogP contribution in [0.4, 0.5) is 5.69 Å². The van der Waals surface area contributed by atoms with E-state index >= 15 is 0 Å². The minimum atomic E-state index is 0.734. The maximum Gasteiger partial charge on any atom is 0.128 e. The molecule has 0 unspecified atom stereocenters. The molecule has 0 saturated heterocycles. The normalized spacial score (nSPS) is 10.4. The van der Waals surface area contributed by atoms with E-state index in [4.69, 9.17) is 10.5 Å². The molecule has 0 aliphatic carbocycles. The summed E-state index contributed by atoms with van der Waals surface area (Å²) in [5.41, 5.74) is 7.72. The van der Waals surface area contributed by atoms with Crippen molar-refractivity contribution in [2.45, 2.75) is 6.92 Å². The highest BCUT2D eigenvalue weighted by Crippen LogP contribution is 2.29. The van der Waals surface area contributed by atoms with Gasteiger partial charge >= 0.3 is 0 Å². The van der Waals surface area contributed by atoms with Crippen molar-refractivity contribution in [1.82, 2.24) is 0 Å². The summed E-state index contributed by atoms with van der Waals surface area (Å²) < 4.78 is 5.28. The Kier molecular flexibility index (Phi) is 2.04. The lowest BCUT2D eigenvalue weighted by molar-refractivity contribution is 0.420. The Morgan fingerprint density at radius 1 is 1.14 bits per heavy atom. The van der Waals surface area contributed by atoms with Crippen LogP contribution in [0.1, 0.15) is 5.56 Å². The van der Waals surface area contributed by atoms with Gasteiger partial charge < -0.3 is 10.5 Å². The lowest BCUT2D eigenvalue weighted by Gasteiger charge is -2.07. The molecule has 0 radical (unpaired) electrons. The predicted octanol–water partition coefficient (Wildman–Crippen LogP) is 2.74. The van der Waals surface area contributed by atoms with Crippen molar-refractivity contribution in [1.29, 1.82) is 0 Å². The molecule has 0 amide bonds. The zero-order chi connectivity index (χ0) is 10.1. The molecular formula is C12H13NO. The molecule has 0 heterocycles. The summed E-state index contributed by atoms with van der Waals surface area (Å²) in [4.78, 5) is 0. The van der Waals surface area contributed by atoms with E-state index in [0.717, 1.165) is 22.2 Å². The molecule has 72 valence electrons. The number of rotatable bonds is 1. The van der Waals surface area contributed by atoms with Crippen LogP contribution in [0.15, 0.2) is 30.3 Å². The fraction of sp³-hybridized carbons (Fsp3) is 0.167. The first-order valence-electron chi connectivity index (χ1n) is 4.54. The molecular weight excluding hydrogens is 174 g/mol. The molecule has 2 rings (SSSR count). The van der Waals surface area contributed by atoms with Crippen LogP contribution in [0.2, 0.25) is 0 Å². The number of hydrogen-bond acceptors (Lipinski definition) is 2. The van der Waals surface area contributed by atoms with Gasteiger partial charge in [0.15, 0.2) is 0 Å². The van der Waals surface area contributed by atoms with Gasteiger partial charge in [0.05, 0.1) is 7.11 Å². The summed E-state index contributed by atoms with van der Waals surface area (Å²) >= 11 is 0. The highest BCUT2D eigenvalue weighted by molar-refractivity contribution is 5.91. The van der Waals surface area contributed by atoms with E-state index < -0.39 is 0 Å². The molecule has 0 spiro atoms. The number of aryl methyl sites for hydroxylation is 1. The summed E-state index contributed by atoms with van der Waals surface area (Å²) in [6.45, 7) is 2.06. The summed E-state index contributed by atoms with van der Waals surface area (Å²) in [5.74, 6) is 0.837. The Bertz CT molecular complexity index is 477. The maximum atomic E-state index is 5.76. The predicted molar refractivity (Wildman–Crippen MR) is 59.6 cm³/mol. The SMILES string of the molecule is COc1cc(N)cc2ccc(C)cc12. The second-order valence-electron chi connectivity index (χ2n) is 3.45. The number of ether oxygens (including phenoxy) is 1. The molecule has 2 aromatic rings. The molecule has 2 nitrogen and oxygen atoms in total. The van der Waals surface area contributed by atoms with Gasteiger partial charge in [-0.25, -0.2) is 0 Å². The third kappa shape index (κ3) is 1.39. The summed E-state index contributed by atoms with van der Waals surface area (Å²) in [5, 5.41) is 2.23. The van der Waals surface area contributed by atoms with Crippen molar-refractivity contribution in [3.05, 3.63) is 35.9 Å². The van der Waals surface area contributed by atoms with Crippen LogP contribution in [0.25, 0.3) is 10.8 Å². The van der Waals surface area contributed by atoms with Gasteiger partial charge in [-0.05, 0) is 24.4 Å². The Hall–Kier alpha value is -1.70. The average Bonchev–Trinajstić information content (AvgIpc) is 2.17. The lowest BCUT2D eigenvalue weighted by Crippen LogP contribution is -1.90. The smallest absolute Gasteiger partial charge is 0.128 e. The molecule has 2 N–H and O–H groups in total. The second-order valence-corrected chi connectivity index (χ2v) is 3.45. The first-order valence-corrected chi connectivity index (χ1v) is 4.54. The minimum Gasteiger partial charge on any atom is -0.496 e. The number of nitrogens with two attached hydrogens (primary N) is 1. The maximum absolute atomic E-state index is 5.76. The molecule has 0 aromatic heterocycles. The van der Waals surface area contributed by atoms with Crippen LogP contribution < -0.4 is 10.5 Å². The number of methoxy groups -OCH3 is 1. The van der Waals surface area contributed by atoms with Crippen molar-refractivity contribution >= 4 is 16.5 Å². The number of nitrogen functional groups attached to an aromatic ring is 1.